The highest BCUT2D eigenvalue weighted by Gasteiger charge is 2.04. The molecule has 0 aliphatic carbocycles. The van der Waals surface area contributed by atoms with Gasteiger partial charge in [-0.15, -0.1) is 0 Å². The summed E-state index contributed by atoms with van der Waals surface area (Å²) in [5.74, 6) is -0.300. The topological polar surface area (TPSA) is 70.7 Å². The number of nitriles is 1. The molecule has 1 amide bonds. The van der Waals surface area contributed by atoms with Crippen LogP contribution in [-0.2, 0) is 11.8 Å². The van der Waals surface area contributed by atoms with Crippen molar-refractivity contribution in [1.82, 2.24) is 9.78 Å². The van der Waals surface area contributed by atoms with E-state index in [2.05, 4.69) is 10.4 Å². The van der Waals surface area contributed by atoms with E-state index in [1.807, 2.05) is 25.2 Å². The van der Waals surface area contributed by atoms with Crippen molar-refractivity contribution in [3.8, 4) is 17.3 Å². The summed E-state index contributed by atoms with van der Waals surface area (Å²) in [6, 6.07) is 11.1. The molecule has 0 atom stereocenters. The van der Waals surface area contributed by atoms with Crippen LogP contribution in [0.4, 0.5) is 5.69 Å². The molecule has 0 aliphatic heterocycles. The van der Waals surface area contributed by atoms with Crippen molar-refractivity contribution < 1.29 is 4.79 Å². The van der Waals surface area contributed by atoms with Gasteiger partial charge in [0.1, 0.15) is 6.42 Å². The number of rotatable bonds is 3. The Morgan fingerprint density at radius 1 is 1.39 bits per heavy atom. The fourth-order valence-corrected chi connectivity index (χ4v) is 1.66. The van der Waals surface area contributed by atoms with Gasteiger partial charge in [-0.2, -0.15) is 10.4 Å². The second-order valence-electron chi connectivity index (χ2n) is 3.80. The van der Waals surface area contributed by atoms with Gasteiger partial charge in [0.2, 0.25) is 5.91 Å². The monoisotopic (exact) mass is 240 g/mol. The number of aromatic nitrogens is 2. The van der Waals surface area contributed by atoms with Gasteiger partial charge in [-0.05, 0) is 23.8 Å². The number of carbonyl (C=O) groups excluding carboxylic acids is 1. The lowest BCUT2D eigenvalue weighted by molar-refractivity contribution is -0.115. The van der Waals surface area contributed by atoms with Crippen LogP contribution in [0, 0.1) is 11.3 Å². The molecule has 2 aromatic rings. The number of carbonyl (C=O) groups is 1. The van der Waals surface area contributed by atoms with Crippen molar-refractivity contribution >= 4 is 11.6 Å². The minimum atomic E-state index is -0.300. The molecule has 18 heavy (non-hydrogen) atoms. The lowest BCUT2D eigenvalue weighted by Gasteiger charge is -2.05. The first-order valence-electron chi connectivity index (χ1n) is 5.46. The van der Waals surface area contributed by atoms with Gasteiger partial charge in [0.15, 0.2) is 0 Å². The third-order valence-corrected chi connectivity index (χ3v) is 2.52. The van der Waals surface area contributed by atoms with Crippen molar-refractivity contribution in [1.29, 1.82) is 5.26 Å². The summed E-state index contributed by atoms with van der Waals surface area (Å²) >= 11 is 0. The molecule has 1 aromatic heterocycles. The first-order chi connectivity index (χ1) is 8.70. The zero-order valence-electron chi connectivity index (χ0n) is 9.92. The van der Waals surface area contributed by atoms with Crippen LogP contribution in [0.1, 0.15) is 6.42 Å². The SMILES string of the molecule is Cn1nccc1-c1ccc(NC(=O)CC#N)cc1. The molecule has 0 spiro atoms. The molecule has 1 heterocycles. The van der Waals surface area contributed by atoms with Crippen molar-refractivity contribution in [3.05, 3.63) is 36.5 Å². The molecule has 90 valence electrons. The van der Waals surface area contributed by atoms with Crippen LogP contribution in [0.3, 0.4) is 0 Å². The lowest BCUT2D eigenvalue weighted by atomic mass is 10.1. The number of amides is 1. The van der Waals surface area contributed by atoms with Crippen molar-refractivity contribution in [2.45, 2.75) is 6.42 Å². The van der Waals surface area contributed by atoms with Crippen LogP contribution in [0.2, 0.25) is 0 Å². The summed E-state index contributed by atoms with van der Waals surface area (Å²) in [4.78, 5) is 11.2. The van der Waals surface area contributed by atoms with Gasteiger partial charge in [-0.1, -0.05) is 12.1 Å². The zero-order chi connectivity index (χ0) is 13.0. The van der Waals surface area contributed by atoms with E-state index >= 15 is 0 Å². The van der Waals surface area contributed by atoms with E-state index < -0.39 is 0 Å². The standard InChI is InChI=1S/C13H12N4O/c1-17-12(7-9-15-17)10-2-4-11(5-3-10)16-13(18)6-8-14/h2-5,7,9H,6H2,1H3,(H,16,18). The number of hydrogen-bond acceptors (Lipinski definition) is 3. The summed E-state index contributed by atoms with van der Waals surface area (Å²) in [6.45, 7) is 0. The Morgan fingerprint density at radius 3 is 2.67 bits per heavy atom. The Balaban J connectivity index is 2.14. The van der Waals surface area contributed by atoms with Gasteiger partial charge in [-0.3, -0.25) is 9.48 Å². The third-order valence-electron chi connectivity index (χ3n) is 2.52. The Morgan fingerprint density at radius 2 is 2.11 bits per heavy atom. The first kappa shape index (κ1) is 11.9. The lowest BCUT2D eigenvalue weighted by Crippen LogP contribution is -2.09. The Labute approximate surface area is 105 Å². The fourth-order valence-electron chi connectivity index (χ4n) is 1.66. The molecule has 0 saturated heterocycles. The predicted molar refractivity (Wildman–Crippen MR) is 67.5 cm³/mol. The molecule has 1 N–H and O–H groups in total. The maximum atomic E-state index is 11.2. The summed E-state index contributed by atoms with van der Waals surface area (Å²) < 4.78 is 1.78. The molecule has 0 saturated carbocycles. The number of anilines is 1. The Kier molecular flexibility index (Phi) is 3.39. The van der Waals surface area contributed by atoms with Crippen LogP contribution in [-0.4, -0.2) is 15.7 Å². The summed E-state index contributed by atoms with van der Waals surface area (Å²) in [7, 11) is 1.87. The predicted octanol–water partition coefficient (Wildman–Crippen LogP) is 1.94. The third kappa shape index (κ3) is 2.55. The van der Waals surface area contributed by atoms with Gasteiger partial charge in [0.25, 0.3) is 0 Å². The van der Waals surface area contributed by atoms with E-state index in [9.17, 15) is 4.79 Å². The van der Waals surface area contributed by atoms with Crippen LogP contribution in [0.15, 0.2) is 36.5 Å². The molecule has 0 fully saturated rings. The van der Waals surface area contributed by atoms with E-state index in [1.165, 1.54) is 0 Å². The fraction of sp³-hybridized carbons (Fsp3) is 0.154. The molecule has 0 aliphatic rings. The van der Waals surface area contributed by atoms with Gasteiger partial charge >= 0.3 is 0 Å². The summed E-state index contributed by atoms with van der Waals surface area (Å²) in [5, 5.41) is 15.1. The highest BCUT2D eigenvalue weighted by Crippen LogP contribution is 2.20. The van der Waals surface area contributed by atoms with Crippen LogP contribution in [0.25, 0.3) is 11.3 Å². The van der Waals surface area contributed by atoms with Gasteiger partial charge < -0.3 is 5.32 Å². The maximum Gasteiger partial charge on any atom is 0.238 e. The smallest absolute Gasteiger partial charge is 0.238 e. The van der Waals surface area contributed by atoms with Crippen LogP contribution >= 0.6 is 0 Å². The van der Waals surface area contributed by atoms with E-state index in [4.69, 9.17) is 5.26 Å². The van der Waals surface area contributed by atoms with E-state index in [0.29, 0.717) is 5.69 Å². The maximum absolute atomic E-state index is 11.2. The Bertz CT molecular complexity index is 592. The van der Waals surface area contributed by atoms with E-state index in [-0.39, 0.29) is 12.3 Å². The van der Waals surface area contributed by atoms with E-state index in [0.717, 1.165) is 11.3 Å². The molecule has 0 radical (unpaired) electrons. The highest BCUT2D eigenvalue weighted by molar-refractivity contribution is 5.92. The normalized spacial score (nSPS) is 9.78. The summed E-state index contributed by atoms with van der Waals surface area (Å²) in [6.07, 6.45) is 1.60. The van der Waals surface area contributed by atoms with Crippen LogP contribution < -0.4 is 5.32 Å². The molecular weight excluding hydrogens is 228 g/mol. The minimum absolute atomic E-state index is 0.135. The number of nitrogens with one attached hydrogen (secondary N) is 1. The number of benzene rings is 1. The second kappa shape index (κ2) is 5.15. The van der Waals surface area contributed by atoms with E-state index in [1.54, 1.807) is 29.1 Å². The quantitative estimate of drug-likeness (QED) is 0.891. The molecular formula is C13H12N4O. The summed E-state index contributed by atoms with van der Waals surface area (Å²) in [5.41, 5.74) is 2.71. The number of hydrogen-bond donors (Lipinski definition) is 1. The molecule has 0 unspecified atom stereocenters. The molecule has 1 aromatic carbocycles. The van der Waals surface area contributed by atoms with Crippen molar-refractivity contribution in [3.63, 3.8) is 0 Å². The molecule has 0 bridgehead atoms. The van der Waals surface area contributed by atoms with Gasteiger partial charge in [0.05, 0.1) is 11.8 Å². The minimum Gasteiger partial charge on any atom is -0.325 e. The van der Waals surface area contributed by atoms with Crippen LogP contribution in [0.5, 0.6) is 0 Å². The first-order valence-corrected chi connectivity index (χ1v) is 5.46. The molecule has 2 rings (SSSR count). The van der Waals surface area contributed by atoms with Gasteiger partial charge in [0, 0.05) is 18.9 Å². The van der Waals surface area contributed by atoms with Crippen molar-refractivity contribution in [2.24, 2.45) is 7.05 Å². The molecule has 5 heteroatoms. The average Bonchev–Trinajstić information content (AvgIpc) is 2.77. The van der Waals surface area contributed by atoms with Gasteiger partial charge in [-0.25, -0.2) is 0 Å². The second-order valence-corrected chi connectivity index (χ2v) is 3.80. The molecule has 5 nitrogen and oxygen atoms in total. The largest absolute Gasteiger partial charge is 0.325 e. The highest BCUT2D eigenvalue weighted by atomic mass is 16.1. The zero-order valence-corrected chi connectivity index (χ0v) is 9.92. The average molecular weight is 240 g/mol. The van der Waals surface area contributed by atoms with Crippen molar-refractivity contribution in [2.75, 3.05) is 5.32 Å². The number of nitrogens with zero attached hydrogens (tertiary/aromatic N) is 3. The Hall–Kier alpha value is -2.61. The number of aryl methyl sites for hydroxylation is 1.